The number of amides is 2. The maximum Gasteiger partial charge on any atom is 0.323 e. The van der Waals surface area contributed by atoms with Gasteiger partial charge in [0.1, 0.15) is 13.7 Å². The number of carbonyl (C=O) groups excluding carboxylic acids is 1. The Morgan fingerprint density at radius 1 is 0.972 bits per heavy atom. The molecule has 0 spiro atoms. The van der Waals surface area contributed by atoms with E-state index in [-0.39, 0.29) is 6.03 Å². The van der Waals surface area contributed by atoms with E-state index >= 15 is 0 Å². The quantitative estimate of drug-likeness (QED) is 0.277. The van der Waals surface area contributed by atoms with Gasteiger partial charge in [-0.2, -0.15) is 9.61 Å². The Bertz CT molecular complexity index is 1570. The summed E-state index contributed by atoms with van der Waals surface area (Å²) in [4.78, 5) is 17.1. The van der Waals surface area contributed by atoms with Crippen LogP contribution in [-0.4, -0.2) is 28.5 Å². The summed E-state index contributed by atoms with van der Waals surface area (Å²) in [6.07, 6.45) is 1.57. The first-order valence-electron chi connectivity index (χ1n) is 11.3. The van der Waals surface area contributed by atoms with E-state index < -0.39 is 0 Å². The molecule has 0 fully saturated rings. The van der Waals surface area contributed by atoms with Crippen LogP contribution in [0.3, 0.4) is 0 Å². The highest BCUT2D eigenvalue weighted by Crippen LogP contribution is 2.28. The minimum atomic E-state index is -0.307. The number of hydrogen-bond donors (Lipinski definition) is 3. The van der Waals surface area contributed by atoms with Crippen molar-refractivity contribution in [2.24, 2.45) is 0 Å². The topological polar surface area (TPSA) is 83.3 Å². The summed E-state index contributed by atoms with van der Waals surface area (Å²) < 4.78 is 1.66. The Hall–Kier alpha value is -4.30. The number of urea groups is 1. The van der Waals surface area contributed by atoms with Gasteiger partial charge in [0.05, 0.1) is 5.69 Å². The van der Waals surface area contributed by atoms with E-state index in [1.54, 1.807) is 10.7 Å². The molecule has 36 heavy (non-hydrogen) atoms. The van der Waals surface area contributed by atoms with Crippen LogP contribution in [-0.2, 0) is 6.54 Å². The highest BCUT2D eigenvalue weighted by atomic mass is 35.5. The Morgan fingerprint density at radius 3 is 2.50 bits per heavy atom. The molecule has 7 nitrogen and oxygen atoms in total. The molecule has 176 valence electrons. The fourth-order valence-electron chi connectivity index (χ4n) is 3.88. The molecule has 3 aromatic carbocycles. The van der Waals surface area contributed by atoms with Gasteiger partial charge in [-0.3, -0.25) is 0 Å². The summed E-state index contributed by atoms with van der Waals surface area (Å²) in [5, 5.41) is 14.1. The van der Waals surface area contributed by atoms with Crippen LogP contribution >= 0.6 is 11.6 Å². The molecule has 9 heteroatoms. The predicted molar refractivity (Wildman–Crippen MR) is 146 cm³/mol. The van der Waals surface area contributed by atoms with Gasteiger partial charge in [0.25, 0.3) is 0 Å². The Morgan fingerprint density at radius 2 is 1.72 bits per heavy atom. The lowest BCUT2D eigenvalue weighted by Crippen LogP contribution is -2.19. The van der Waals surface area contributed by atoms with Crippen LogP contribution in [0.4, 0.5) is 22.0 Å². The summed E-state index contributed by atoms with van der Waals surface area (Å²) in [6.45, 7) is 2.46. The largest absolute Gasteiger partial charge is 0.366 e. The second kappa shape index (κ2) is 10.1. The molecule has 0 aliphatic heterocycles. The molecule has 0 atom stereocenters. The van der Waals surface area contributed by atoms with E-state index in [0.29, 0.717) is 39.9 Å². The highest BCUT2D eigenvalue weighted by molar-refractivity contribution is 6.36. The first-order valence-corrected chi connectivity index (χ1v) is 11.7. The normalized spacial score (nSPS) is 10.8. The number of nitrogens with zero attached hydrogens (tertiary/aromatic N) is 3. The lowest BCUT2D eigenvalue weighted by Gasteiger charge is -2.13. The van der Waals surface area contributed by atoms with Crippen molar-refractivity contribution < 1.29 is 4.79 Å². The van der Waals surface area contributed by atoms with Crippen molar-refractivity contribution in [2.45, 2.75) is 13.5 Å². The zero-order chi connectivity index (χ0) is 25.1. The maximum absolute atomic E-state index is 12.5. The fourth-order valence-corrected chi connectivity index (χ4v) is 4.11. The van der Waals surface area contributed by atoms with E-state index in [1.165, 1.54) is 0 Å². The van der Waals surface area contributed by atoms with Crippen LogP contribution in [0.5, 0.6) is 0 Å². The molecule has 2 aromatic heterocycles. The number of anilines is 3. The van der Waals surface area contributed by atoms with E-state index in [0.717, 1.165) is 22.4 Å². The van der Waals surface area contributed by atoms with Crippen molar-refractivity contribution in [1.82, 2.24) is 14.6 Å². The molecule has 0 aliphatic rings. The lowest BCUT2D eigenvalue weighted by atomic mass is 10.0. The molecule has 0 saturated carbocycles. The number of fused-ring (bicyclic) bond motifs is 1. The molecular weight excluding hydrogens is 471 g/mol. The van der Waals surface area contributed by atoms with Crippen LogP contribution in [0.2, 0.25) is 5.02 Å². The minimum Gasteiger partial charge on any atom is -0.366 e. The van der Waals surface area contributed by atoms with Crippen LogP contribution in [0.15, 0.2) is 85.1 Å². The summed E-state index contributed by atoms with van der Waals surface area (Å²) in [7, 11) is 6.11. The predicted octanol–water partition coefficient (Wildman–Crippen LogP) is 5.41. The number of halogens is 1. The fraction of sp³-hybridized carbons (Fsp3) is 0.0741. The third-order valence-electron chi connectivity index (χ3n) is 5.58. The SMILES string of the molecule is [B]c1cnn2c(NCc3cccc(NC(=O)Nc4cccc(C)c4)c3)cc(-c3ccccc3Cl)nc12. The van der Waals surface area contributed by atoms with Crippen LogP contribution in [0, 0.1) is 6.92 Å². The van der Waals surface area contributed by atoms with Crippen LogP contribution in [0.25, 0.3) is 16.9 Å². The second-order valence-corrected chi connectivity index (χ2v) is 8.75. The molecule has 2 radical (unpaired) electrons. The molecule has 0 aliphatic carbocycles. The first kappa shape index (κ1) is 23.4. The number of benzene rings is 3. The molecule has 0 saturated heterocycles. The number of nitrogens with one attached hydrogen (secondary N) is 3. The number of rotatable bonds is 6. The molecule has 3 N–H and O–H groups in total. The molecule has 2 heterocycles. The van der Waals surface area contributed by atoms with Gasteiger partial charge in [-0.1, -0.05) is 54.1 Å². The first-order chi connectivity index (χ1) is 17.5. The number of aromatic nitrogens is 3. The van der Waals surface area contributed by atoms with Crippen LogP contribution < -0.4 is 21.4 Å². The zero-order valence-electron chi connectivity index (χ0n) is 19.5. The van der Waals surface area contributed by atoms with Gasteiger partial charge < -0.3 is 16.0 Å². The Kier molecular flexibility index (Phi) is 6.60. The monoisotopic (exact) mass is 492 g/mol. The van der Waals surface area contributed by atoms with E-state index in [1.807, 2.05) is 85.8 Å². The molecule has 2 amide bonds. The highest BCUT2D eigenvalue weighted by Gasteiger charge is 2.12. The Labute approximate surface area is 214 Å². The minimum absolute atomic E-state index is 0.307. The Balaban J connectivity index is 1.34. The second-order valence-electron chi connectivity index (χ2n) is 8.34. The van der Waals surface area contributed by atoms with Crippen molar-refractivity contribution in [3.05, 3.63) is 101 Å². The van der Waals surface area contributed by atoms with Crippen molar-refractivity contribution in [1.29, 1.82) is 0 Å². The van der Waals surface area contributed by atoms with Crippen molar-refractivity contribution in [3.63, 3.8) is 0 Å². The third-order valence-corrected chi connectivity index (χ3v) is 5.91. The molecule has 0 bridgehead atoms. The van der Waals surface area contributed by atoms with Crippen molar-refractivity contribution >= 4 is 53.8 Å². The molecular formula is C27H22BClN6O. The van der Waals surface area contributed by atoms with Gasteiger partial charge in [0.15, 0.2) is 5.65 Å². The van der Waals surface area contributed by atoms with Gasteiger partial charge in [0.2, 0.25) is 0 Å². The molecule has 5 aromatic rings. The van der Waals surface area contributed by atoms with Gasteiger partial charge in [-0.15, -0.1) is 0 Å². The zero-order valence-corrected chi connectivity index (χ0v) is 20.3. The van der Waals surface area contributed by atoms with Crippen molar-refractivity contribution in [3.8, 4) is 11.3 Å². The summed E-state index contributed by atoms with van der Waals surface area (Å²) in [5.41, 5.74) is 5.95. The van der Waals surface area contributed by atoms with Crippen molar-refractivity contribution in [2.75, 3.05) is 16.0 Å². The van der Waals surface area contributed by atoms with E-state index in [9.17, 15) is 4.79 Å². The molecule has 0 unspecified atom stereocenters. The summed E-state index contributed by atoms with van der Waals surface area (Å²) in [6, 6.07) is 24.4. The molecule has 5 rings (SSSR count). The average molecular weight is 493 g/mol. The number of hydrogen-bond acceptors (Lipinski definition) is 4. The smallest absolute Gasteiger partial charge is 0.323 e. The summed E-state index contributed by atoms with van der Waals surface area (Å²) >= 11 is 6.41. The van der Waals surface area contributed by atoms with E-state index in [2.05, 4.69) is 26.0 Å². The average Bonchev–Trinajstić information content (AvgIpc) is 3.24. The number of aryl methyl sites for hydroxylation is 1. The maximum atomic E-state index is 12.5. The number of carbonyl (C=O) groups is 1. The third kappa shape index (κ3) is 5.19. The standard InChI is InChI=1S/C27H22BClN6O/c1-17-6-4-8-19(12-17)32-27(36)33-20-9-5-7-18(13-20)15-30-25-14-24(21-10-2-3-11-23(21)29)34-26-22(28)16-31-35(25)26/h2-14,16,30H,15H2,1H3,(H2,32,33,36). The lowest BCUT2D eigenvalue weighted by molar-refractivity contribution is 0.262. The van der Waals surface area contributed by atoms with Gasteiger partial charge in [-0.05, 0) is 53.8 Å². The van der Waals surface area contributed by atoms with Gasteiger partial charge >= 0.3 is 6.03 Å². The van der Waals surface area contributed by atoms with Gasteiger partial charge in [0, 0.05) is 40.8 Å². The summed E-state index contributed by atoms with van der Waals surface area (Å²) in [5.74, 6) is 0.710. The van der Waals surface area contributed by atoms with Gasteiger partial charge in [-0.25, -0.2) is 9.78 Å². The van der Waals surface area contributed by atoms with Crippen LogP contribution in [0.1, 0.15) is 11.1 Å². The van der Waals surface area contributed by atoms with E-state index in [4.69, 9.17) is 19.4 Å².